The molecule has 120 valence electrons. The van der Waals surface area contributed by atoms with Crippen LogP contribution in [0.2, 0.25) is 0 Å². The predicted molar refractivity (Wildman–Crippen MR) is 83.6 cm³/mol. The second kappa shape index (κ2) is 8.97. The highest BCUT2D eigenvalue weighted by atomic mass is 16.5. The summed E-state index contributed by atoms with van der Waals surface area (Å²) in [5.41, 5.74) is 1.70. The van der Waals surface area contributed by atoms with E-state index in [4.69, 9.17) is 4.74 Å². The van der Waals surface area contributed by atoms with Gasteiger partial charge in [0.15, 0.2) is 5.78 Å². The van der Waals surface area contributed by atoms with E-state index in [1.165, 1.54) is 0 Å². The number of aryl methyl sites for hydroxylation is 1. The third kappa shape index (κ3) is 7.02. The Labute approximate surface area is 131 Å². The van der Waals surface area contributed by atoms with Gasteiger partial charge in [0.05, 0.1) is 12.5 Å². The summed E-state index contributed by atoms with van der Waals surface area (Å²) in [6, 6.07) is 7.26. The molecule has 0 fully saturated rings. The van der Waals surface area contributed by atoms with Crippen molar-refractivity contribution < 1.29 is 19.1 Å². The van der Waals surface area contributed by atoms with Gasteiger partial charge < -0.3 is 10.1 Å². The van der Waals surface area contributed by atoms with Crippen molar-refractivity contribution in [3.8, 4) is 0 Å². The van der Waals surface area contributed by atoms with Crippen LogP contribution in [0.25, 0.3) is 0 Å². The first-order chi connectivity index (χ1) is 10.4. The van der Waals surface area contributed by atoms with Crippen LogP contribution >= 0.6 is 0 Å². The molecule has 1 amide bonds. The number of nitrogens with one attached hydrogen (secondary N) is 1. The largest absolute Gasteiger partial charge is 0.463 e. The molecule has 1 aromatic rings. The molecule has 0 bridgehead atoms. The highest BCUT2D eigenvalue weighted by molar-refractivity contribution is 5.97. The second-order valence-electron chi connectivity index (χ2n) is 5.43. The molecule has 1 rings (SSSR count). The summed E-state index contributed by atoms with van der Waals surface area (Å²) in [4.78, 5) is 34.8. The van der Waals surface area contributed by atoms with Crippen LogP contribution in [0.4, 0.5) is 0 Å². The topological polar surface area (TPSA) is 72.5 Å². The van der Waals surface area contributed by atoms with Crippen LogP contribution in [0.15, 0.2) is 24.3 Å². The van der Waals surface area contributed by atoms with Crippen molar-refractivity contribution in [3.05, 3.63) is 35.4 Å². The quantitative estimate of drug-likeness (QED) is 0.591. The summed E-state index contributed by atoms with van der Waals surface area (Å²) < 4.78 is 4.95. The monoisotopic (exact) mass is 305 g/mol. The van der Waals surface area contributed by atoms with Gasteiger partial charge in [0, 0.05) is 24.9 Å². The molecule has 0 saturated carbocycles. The van der Waals surface area contributed by atoms with Gasteiger partial charge in [-0.3, -0.25) is 14.4 Å². The summed E-state index contributed by atoms with van der Waals surface area (Å²) in [6.45, 7) is 5.72. The fourth-order valence-corrected chi connectivity index (χ4v) is 1.83. The van der Waals surface area contributed by atoms with Crippen LogP contribution < -0.4 is 5.32 Å². The minimum Gasteiger partial charge on any atom is -0.463 e. The Balaban J connectivity index is 2.24. The maximum Gasteiger partial charge on any atom is 0.307 e. The summed E-state index contributed by atoms with van der Waals surface area (Å²) in [7, 11) is 0. The van der Waals surface area contributed by atoms with Crippen LogP contribution in [0, 0.1) is 6.92 Å². The first-order valence-electron chi connectivity index (χ1n) is 7.44. The number of hydrogen-bond acceptors (Lipinski definition) is 4. The second-order valence-corrected chi connectivity index (χ2v) is 5.43. The van der Waals surface area contributed by atoms with Gasteiger partial charge in [-0.25, -0.2) is 0 Å². The lowest BCUT2D eigenvalue weighted by atomic mass is 10.1. The van der Waals surface area contributed by atoms with E-state index in [0.717, 1.165) is 5.56 Å². The van der Waals surface area contributed by atoms with E-state index in [2.05, 4.69) is 5.32 Å². The van der Waals surface area contributed by atoms with Crippen molar-refractivity contribution in [2.75, 3.05) is 6.54 Å². The van der Waals surface area contributed by atoms with Gasteiger partial charge >= 0.3 is 5.97 Å². The Hall–Kier alpha value is -2.17. The maximum atomic E-state index is 11.9. The molecule has 0 aliphatic rings. The zero-order chi connectivity index (χ0) is 16.5. The molecule has 0 aromatic heterocycles. The lowest BCUT2D eigenvalue weighted by Gasteiger charge is -2.08. The van der Waals surface area contributed by atoms with Crippen LogP contribution in [0.5, 0.6) is 0 Å². The fraction of sp³-hybridized carbons (Fsp3) is 0.471. The molecular formula is C17H23NO4. The highest BCUT2D eigenvalue weighted by Crippen LogP contribution is 2.07. The molecule has 0 unspecified atom stereocenters. The summed E-state index contributed by atoms with van der Waals surface area (Å²) in [5.74, 6) is -0.641. The smallest absolute Gasteiger partial charge is 0.307 e. The number of carbonyl (C=O) groups is 3. The third-order valence-electron chi connectivity index (χ3n) is 2.97. The van der Waals surface area contributed by atoms with E-state index >= 15 is 0 Å². The molecule has 0 heterocycles. The van der Waals surface area contributed by atoms with E-state index in [0.29, 0.717) is 5.56 Å². The first-order valence-corrected chi connectivity index (χ1v) is 7.44. The van der Waals surface area contributed by atoms with E-state index in [9.17, 15) is 14.4 Å². The van der Waals surface area contributed by atoms with Gasteiger partial charge in [-0.2, -0.15) is 0 Å². The minimum absolute atomic E-state index is 0.0608. The number of ether oxygens (including phenoxy) is 1. The molecule has 1 N–H and O–H groups in total. The Morgan fingerprint density at radius 3 is 2.27 bits per heavy atom. The Morgan fingerprint density at radius 2 is 1.68 bits per heavy atom. The van der Waals surface area contributed by atoms with Gasteiger partial charge in [0.1, 0.15) is 0 Å². The molecule has 22 heavy (non-hydrogen) atoms. The number of esters is 1. The van der Waals surface area contributed by atoms with Crippen molar-refractivity contribution in [1.82, 2.24) is 5.32 Å². The van der Waals surface area contributed by atoms with Crippen molar-refractivity contribution in [3.63, 3.8) is 0 Å². The van der Waals surface area contributed by atoms with Crippen LogP contribution in [0.1, 0.15) is 49.0 Å². The van der Waals surface area contributed by atoms with Gasteiger partial charge in [0.2, 0.25) is 5.91 Å². The molecule has 0 spiro atoms. The zero-order valence-corrected chi connectivity index (χ0v) is 13.3. The Kier molecular flexibility index (Phi) is 7.29. The first kappa shape index (κ1) is 17.9. The Morgan fingerprint density at radius 1 is 1.05 bits per heavy atom. The minimum atomic E-state index is -0.342. The van der Waals surface area contributed by atoms with Gasteiger partial charge in [0.25, 0.3) is 0 Å². The van der Waals surface area contributed by atoms with Crippen LogP contribution in [-0.4, -0.2) is 30.3 Å². The number of hydrogen-bond donors (Lipinski definition) is 1. The molecule has 0 radical (unpaired) electrons. The summed E-state index contributed by atoms with van der Waals surface area (Å²) in [5, 5.41) is 2.61. The lowest BCUT2D eigenvalue weighted by molar-refractivity contribution is -0.147. The van der Waals surface area contributed by atoms with Crippen molar-refractivity contribution in [1.29, 1.82) is 0 Å². The molecule has 5 nitrogen and oxygen atoms in total. The Bertz CT molecular complexity index is 520. The average Bonchev–Trinajstić information content (AvgIpc) is 2.44. The molecule has 1 aromatic carbocycles. The summed E-state index contributed by atoms with van der Waals surface area (Å²) >= 11 is 0. The third-order valence-corrected chi connectivity index (χ3v) is 2.97. The number of ketones is 1. The number of carbonyl (C=O) groups excluding carboxylic acids is 3. The van der Waals surface area contributed by atoms with Crippen LogP contribution in [-0.2, 0) is 14.3 Å². The standard InChI is InChI=1S/C17H23NO4/c1-12(2)22-17(21)10-11-18-16(20)9-8-15(19)14-6-4-13(3)5-7-14/h4-7,12H,8-11H2,1-3H3,(H,18,20). The van der Waals surface area contributed by atoms with E-state index in [1.807, 2.05) is 19.1 Å². The average molecular weight is 305 g/mol. The van der Waals surface area contributed by atoms with E-state index in [-0.39, 0.29) is 49.6 Å². The molecular weight excluding hydrogens is 282 g/mol. The van der Waals surface area contributed by atoms with E-state index < -0.39 is 0 Å². The molecule has 0 aliphatic heterocycles. The number of benzene rings is 1. The maximum absolute atomic E-state index is 11.9. The normalized spacial score (nSPS) is 10.4. The van der Waals surface area contributed by atoms with Gasteiger partial charge in [-0.05, 0) is 20.8 Å². The predicted octanol–water partition coefficient (Wildman–Crippen LogP) is 2.42. The lowest BCUT2D eigenvalue weighted by Crippen LogP contribution is -2.27. The fourth-order valence-electron chi connectivity index (χ4n) is 1.83. The molecule has 0 saturated heterocycles. The van der Waals surface area contributed by atoms with Crippen molar-refractivity contribution >= 4 is 17.7 Å². The number of Topliss-reactive ketones (excluding diaryl/α,β-unsaturated/α-hetero) is 1. The van der Waals surface area contributed by atoms with Crippen molar-refractivity contribution in [2.45, 2.75) is 46.1 Å². The molecule has 0 atom stereocenters. The molecule has 0 aliphatic carbocycles. The van der Waals surface area contributed by atoms with Gasteiger partial charge in [-0.15, -0.1) is 0 Å². The highest BCUT2D eigenvalue weighted by Gasteiger charge is 2.10. The molecule has 5 heteroatoms. The van der Waals surface area contributed by atoms with Crippen LogP contribution in [0.3, 0.4) is 0 Å². The number of amides is 1. The summed E-state index contributed by atoms with van der Waals surface area (Å²) in [6.07, 6.45) is 0.253. The van der Waals surface area contributed by atoms with Crippen molar-refractivity contribution in [2.24, 2.45) is 0 Å². The van der Waals surface area contributed by atoms with E-state index in [1.54, 1.807) is 26.0 Å². The number of rotatable bonds is 8. The zero-order valence-electron chi connectivity index (χ0n) is 13.3. The van der Waals surface area contributed by atoms with Gasteiger partial charge in [-0.1, -0.05) is 29.8 Å². The SMILES string of the molecule is Cc1ccc(C(=O)CCC(=O)NCCC(=O)OC(C)C)cc1.